The number of carbonyl (C=O) groups is 1. The largest absolute Gasteiger partial charge is 0.489 e. The number of oxime groups is 1. The zero-order valence-corrected chi connectivity index (χ0v) is 17.8. The summed E-state index contributed by atoms with van der Waals surface area (Å²) >= 11 is 0. The van der Waals surface area contributed by atoms with E-state index in [4.69, 9.17) is 14.7 Å². The average Bonchev–Trinajstić information content (AvgIpc) is 3.12. The molecule has 0 atom stereocenters. The molecule has 0 saturated heterocycles. The number of rotatable bonds is 9. The summed E-state index contributed by atoms with van der Waals surface area (Å²) in [6, 6.07) is 24.4. The van der Waals surface area contributed by atoms with Crippen LogP contribution in [-0.4, -0.2) is 28.5 Å². The smallest absolute Gasteiger partial charge is 0.344 e. The molecule has 0 aliphatic rings. The van der Waals surface area contributed by atoms with Crippen LogP contribution in [-0.2, 0) is 22.8 Å². The van der Waals surface area contributed by atoms with Gasteiger partial charge < -0.3 is 19.2 Å². The second-order valence-corrected chi connectivity index (χ2v) is 7.56. The third-order valence-corrected chi connectivity index (χ3v) is 5.02. The molecule has 3 aromatic carbocycles. The SMILES string of the molecule is Cc1cccc(COc2ccc3c(c2)c(C=NOCC(=O)O)cn3Cc2ccccc2)c1. The topological polar surface area (TPSA) is 73.1 Å². The molecule has 0 aliphatic heterocycles. The van der Waals surface area contributed by atoms with Crippen molar-refractivity contribution in [2.24, 2.45) is 5.16 Å². The maximum absolute atomic E-state index is 10.7. The second-order valence-electron chi connectivity index (χ2n) is 7.56. The van der Waals surface area contributed by atoms with Gasteiger partial charge in [0.05, 0.1) is 6.21 Å². The number of fused-ring (bicyclic) bond motifs is 1. The number of carboxylic acid groups (broad SMARTS) is 1. The van der Waals surface area contributed by atoms with Gasteiger partial charge in [0.15, 0.2) is 0 Å². The van der Waals surface area contributed by atoms with Crippen LogP contribution in [0, 0.1) is 6.92 Å². The lowest BCUT2D eigenvalue weighted by molar-refractivity contribution is -0.142. The molecule has 0 saturated carbocycles. The first kappa shape index (κ1) is 21.2. The summed E-state index contributed by atoms with van der Waals surface area (Å²) in [4.78, 5) is 15.5. The van der Waals surface area contributed by atoms with Crippen LogP contribution < -0.4 is 4.74 Å². The predicted molar refractivity (Wildman–Crippen MR) is 124 cm³/mol. The van der Waals surface area contributed by atoms with Crippen LogP contribution in [0.15, 0.2) is 84.1 Å². The van der Waals surface area contributed by atoms with Crippen LogP contribution in [0.3, 0.4) is 0 Å². The highest BCUT2D eigenvalue weighted by molar-refractivity contribution is 6.00. The average molecular weight is 428 g/mol. The molecule has 32 heavy (non-hydrogen) atoms. The molecule has 0 fully saturated rings. The Morgan fingerprint density at radius 1 is 1.03 bits per heavy atom. The Morgan fingerprint density at radius 2 is 1.84 bits per heavy atom. The van der Waals surface area contributed by atoms with E-state index in [2.05, 4.69) is 40.9 Å². The minimum atomic E-state index is -1.07. The molecule has 0 amide bonds. The van der Waals surface area contributed by atoms with E-state index in [9.17, 15) is 4.79 Å². The molecule has 0 radical (unpaired) electrons. The van der Waals surface area contributed by atoms with Crippen LogP contribution in [0.25, 0.3) is 10.9 Å². The Balaban J connectivity index is 1.61. The van der Waals surface area contributed by atoms with Crippen LogP contribution in [0.5, 0.6) is 5.75 Å². The minimum Gasteiger partial charge on any atom is -0.489 e. The quantitative estimate of drug-likeness (QED) is 0.300. The Morgan fingerprint density at radius 3 is 2.62 bits per heavy atom. The highest BCUT2D eigenvalue weighted by Crippen LogP contribution is 2.27. The fraction of sp³-hybridized carbons (Fsp3) is 0.154. The second kappa shape index (κ2) is 9.83. The van der Waals surface area contributed by atoms with Gasteiger partial charge in [0, 0.05) is 29.2 Å². The summed E-state index contributed by atoms with van der Waals surface area (Å²) in [7, 11) is 0. The van der Waals surface area contributed by atoms with Gasteiger partial charge in [0.2, 0.25) is 6.61 Å². The molecular weight excluding hydrogens is 404 g/mol. The van der Waals surface area contributed by atoms with E-state index in [0.717, 1.165) is 27.8 Å². The van der Waals surface area contributed by atoms with E-state index in [1.807, 2.05) is 54.7 Å². The summed E-state index contributed by atoms with van der Waals surface area (Å²) < 4.78 is 8.16. The van der Waals surface area contributed by atoms with E-state index in [1.54, 1.807) is 0 Å². The Bertz CT molecular complexity index is 1250. The first-order valence-electron chi connectivity index (χ1n) is 10.3. The van der Waals surface area contributed by atoms with Gasteiger partial charge in [-0.2, -0.15) is 0 Å². The van der Waals surface area contributed by atoms with Crippen molar-refractivity contribution in [1.82, 2.24) is 4.57 Å². The standard InChI is InChI=1S/C26H24N2O4/c1-19-6-5-9-21(12-19)17-31-23-10-11-25-24(13-23)22(14-27-32-18-26(29)30)16-28(25)15-20-7-3-2-4-8-20/h2-14,16H,15,17-18H2,1H3,(H,29,30). The molecule has 0 aliphatic carbocycles. The molecule has 4 aromatic rings. The number of carboxylic acids is 1. The molecule has 0 unspecified atom stereocenters. The van der Waals surface area contributed by atoms with Crippen molar-refractivity contribution in [3.63, 3.8) is 0 Å². The van der Waals surface area contributed by atoms with Gasteiger partial charge in [0.25, 0.3) is 0 Å². The lowest BCUT2D eigenvalue weighted by atomic mass is 10.1. The molecule has 0 bridgehead atoms. The summed E-state index contributed by atoms with van der Waals surface area (Å²) in [6.45, 7) is 2.75. The van der Waals surface area contributed by atoms with Gasteiger partial charge in [-0.05, 0) is 36.2 Å². The molecule has 6 nitrogen and oxygen atoms in total. The number of hydrogen-bond acceptors (Lipinski definition) is 4. The number of ether oxygens (including phenoxy) is 1. The van der Waals surface area contributed by atoms with Crippen LogP contribution in [0.4, 0.5) is 0 Å². The molecule has 4 rings (SSSR count). The number of aliphatic carboxylic acids is 1. The summed E-state index contributed by atoms with van der Waals surface area (Å²) in [5.74, 6) is -0.321. The van der Waals surface area contributed by atoms with E-state index in [0.29, 0.717) is 13.2 Å². The van der Waals surface area contributed by atoms with Gasteiger partial charge in [-0.3, -0.25) is 0 Å². The first-order valence-corrected chi connectivity index (χ1v) is 10.3. The van der Waals surface area contributed by atoms with E-state index in [-0.39, 0.29) is 0 Å². The van der Waals surface area contributed by atoms with Crippen molar-refractivity contribution < 1.29 is 19.5 Å². The Kier molecular flexibility index (Phi) is 6.51. The molecule has 6 heteroatoms. The molecule has 162 valence electrons. The minimum absolute atomic E-state index is 0.475. The van der Waals surface area contributed by atoms with Gasteiger partial charge in [-0.1, -0.05) is 65.3 Å². The number of aryl methyl sites for hydroxylation is 1. The Hall–Kier alpha value is -4.06. The third-order valence-electron chi connectivity index (χ3n) is 5.02. The summed E-state index contributed by atoms with van der Waals surface area (Å²) in [5, 5.41) is 13.5. The molecule has 1 heterocycles. The summed E-state index contributed by atoms with van der Waals surface area (Å²) in [6.07, 6.45) is 3.52. The maximum atomic E-state index is 10.7. The number of aromatic nitrogens is 1. The van der Waals surface area contributed by atoms with Crippen LogP contribution in [0.2, 0.25) is 0 Å². The van der Waals surface area contributed by atoms with E-state index >= 15 is 0 Å². The normalized spacial score (nSPS) is 11.2. The molecule has 0 spiro atoms. The fourth-order valence-electron chi connectivity index (χ4n) is 3.56. The van der Waals surface area contributed by atoms with Crippen molar-refractivity contribution >= 4 is 23.1 Å². The third kappa shape index (κ3) is 5.35. The lowest BCUT2D eigenvalue weighted by Crippen LogP contribution is -2.03. The molecule has 1 aromatic heterocycles. The van der Waals surface area contributed by atoms with Crippen molar-refractivity contribution in [1.29, 1.82) is 0 Å². The number of benzene rings is 3. The predicted octanol–water partition coefficient (Wildman–Crippen LogP) is 5.01. The Labute approximate surface area is 186 Å². The monoisotopic (exact) mass is 428 g/mol. The number of nitrogens with zero attached hydrogens (tertiary/aromatic N) is 2. The van der Waals surface area contributed by atoms with Gasteiger partial charge in [-0.25, -0.2) is 4.79 Å². The number of hydrogen-bond donors (Lipinski definition) is 1. The fourth-order valence-corrected chi connectivity index (χ4v) is 3.56. The van der Waals surface area contributed by atoms with E-state index in [1.165, 1.54) is 17.3 Å². The zero-order valence-electron chi connectivity index (χ0n) is 17.8. The lowest BCUT2D eigenvalue weighted by Gasteiger charge is -2.09. The first-order chi connectivity index (χ1) is 15.6. The summed E-state index contributed by atoms with van der Waals surface area (Å²) in [5.41, 5.74) is 5.32. The zero-order chi connectivity index (χ0) is 22.3. The van der Waals surface area contributed by atoms with Crippen molar-refractivity contribution in [2.75, 3.05) is 6.61 Å². The molecular formula is C26H24N2O4. The van der Waals surface area contributed by atoms with Gasteiger partial charge >= 0.3 is 5.97 Å². The van der Waals surface area contributed by atoms with Crippen molar-refractivity contribution in [3.8, 4) is 5.75 Å². The maximum Gasteiger partial charge on any atom is 0.344 e. The van der Waals surface area contributed by atoms with Crippen molar-refractivity contribution in [2.45, 2.75) is 20.1 Å². The van der Waals surface area contributed by atoms with Gasteiger partial charge in [0.1, 0.15) is 12.4 Å². The molecule has 1 N–H and O–H groups in total. The van der Waals surface area contributed by atoms with Crippen molar-refractivity contribution in [3.05, 3.63) is 101 Å². The van der Waals surface area contributed by atoms with Crippen LogP contribution >= 0.6 is 0 Å². The van der Waals surface area contributed by atoms with E-state index < -0.39 is 12.6 Å². The van der Waals surface area contributed by atoms with Gasteiger partial charge in [-0.15, -0.1) is 0 Å². The highest BCUT2D eigenvalue weighted by atomic mass is 16.6. The van der Waals surface area contributed by atoms with Crippen LogP contribution in [0.1, 0.15) is 22.3 Å². The highest BCUT2D eigenvalue weighted by Gasteiger charge is 2.10.